The minimum Gasteiger partial charge on any atom is -0.322 e. The van der Waals surface area contributed by atoms with Crippen molar-refractivity contribution in [1.29, 1.82) is 0 Å². The van der Waals surface area contributed by atoms with Crippen molar-refractivity contribution in [2.24, 2.45) is 0 Å². The number of rotatable bonds is 8. The fourth-order valence-electron chi connectivity index (χ4n) is 4.33. The molecule has 1 amide bonds. The van der Waals surface area contributed by atoms with E-state index in [4.69, 9.17) is 11.6 Å². The molecule has 0 aliphatic rings. The molecule has 0 aliphatic heterocycles. The number of hydrogen-bond acceptors (Lipinski definition) is 5. The molecule has 5 aromatic rings. The quantitative estimate of drug-likeness (QED) is 0.173. The number of hydrogen-bond donors (Lipinski definition) is 3. The summed E-state index contributed by atoms with van der Waals surface area (Å²) in [4.78, 5) is 12.8. The van der Waals surface area contributed by atoms with E-state index >= 15 is 0 Å². The van der Waals surface area contributed by atoms with Crippen LogP contribution < -0.4 is 14.8 Å². The minimum absolute atomic E-state index is 0.00539. The van der Waals surface area contributed by atoms with E-state index in [1.165, 1.54) is 42.5 Å². The lowest BCUT2D eigenvalue weighted by atomic mass is 10.1. The van der Waals surface area contributed by atoms with E-state index in [1.54, 1.807) is 31.2 Å². The highest BCUT2D eigenvalue weighted by atomic mass is 35.5. The maximum Gasteiger partial charge on any atom is 0.263 e. The highest BCUT2D eigenvalue weighted by Gasteiger charge is 2.22. The predicted octanol–water partition coefficient (Wildman–Crippen LogP) is 6.96. The fraction of sp³-hybridized carbons (Fsp3) is 0.0645. The lowest BCUT2D eigenvalue weighted by molar-refractivity contribution is 0.102. The van der Waals surface area contributed by atoms with E-state index in [1.807, 2.05) is 43.3 Å². The number of carbonyl (C=O) groups excluding carboxylic acids is 1. The number of fused-ring (bicyclic) bond motifs is 1. The number of halogens is 1. The van der Waals surface area contributed by atoms with Crippen molar-refractivity contribution in [2.45, 2.75) is 23.6 Å². The average molecular weight is 620 g/mol. The molecule has 0 unspecified atom stereocenters. The zero-order valence-electron chi connectivity index (χ0n) is 22.6. The van der Waals surface area contributed by atoms with Crippen LogP contribution in [0.3, 0.4) is 0 Å². The van der Waals surface area contributed by atoms with Gasteiger partial charge in [0, 0.05) is 16.6 Å². The molecule has 0 fully saturated rings. The molecule has 8 nitrogen and oxygen atoms in total. The summed E-state index contributed by atoms with van der Waals surface area (Å²) in [5, 5.41) is 4.28. The first-order valence-corrected chi connectivity index (χ1v) is 16.1. The molecule has 0 aliphatic carbocycles. The van der Waals surface area contributed by atoms with Gasteiger partial charge in [0.05, 0.1) is 21.3 Å². The fourth-order valence-corrected chi connectivity index (χ4v) is 7.06. The second kappa shape index (κ2) is 11.5. The van der Waals surface area contributed by atoms with Gasteiger partial charge in [-0.3, -0.25) is 14.2 Å². The Morgan fingerprint density at radius 3 is 2.14 bits per heavy atom. The lowest BCUT2D eigenvalue weighted by Crippen LogP contribution is -2.17. The van der Waals surface area contributed by atoms with Gasteiger partial charge in [-0.15, -0.1) is 0 Å². The zero-order valence-corrected chi connectivity index (χ0v) is 24.9. The Kier molecular flexibility index (Phi) is 7.96. The highest BCUT2D eigenvalue weighted by molar-refractivity contribution is 7.93. The van der Waals surface area contributed by atoms with Gasteiger partial charge in [0.1, 0.15) is 4.90 Å². The van der Waals surface area contributed by atoms with Crippen molar-refractivity contribution >= 4 is 65.4 Å². The van der Waals surface area contributed by atoms with Gasteiger partial charge in [0.25, 0.3) is 26.0 Å². The summed E-state index contributed by atoms with van der Waals surface area (Å²) in [6, 6.07) is 27.7. The van der Waals surface area contributed by atoms with E-state index < -0.39 is 26.0 Å². The Hall–Kier alpha value is -4.38. The van der Waals surface area contributed by atoms with Crippen molar-refractivity contribution in [3.05, 3.63) is 125 Å². The van der Waals surface area contributed by atoms with Crippen molar-refractivity contribution in [3.8, 4) is 0 Å². The summed E-state index contributed by atoms with van der Waals surface area (Å²) in [5.74, 6) is -0.598. The smallest absolute Gasteiger partial charge is 0.263 e. The van der Waals surface area contributed by atoms with E-state index in [9.17, 15) is 21.6 Å². The largest absolute Gasteiger partial charge is 0.322 e. The Morgan fingerprint density at radius 2 is 1.38 bits per heavy atom. The van der Waals surface area contributed by atoms with E-state index in [0.29, 0.717) is 17.1 Å². The third-order valence-electron chi connectivity index (χ3n) is 6.58. The summed E-state index contributed by atoms with van der Waals surface area (Å²) in [7, 11) is -8.02. The van der Waals surface area contributed by atoms with Crippen LogP contribution in [-0.2, 0) is 20.0 Å². The number of benzene rings is 5. The third kappa shape index (κ3) is 6.25. The van der Waals surface area contributed by atoms with Crippen LogP contribution in [0.5, 0.6) is 0 Å². The normalized spacial score (nSPS) is 11.7. The SMILES string of the molecule is Cc1ccc(C)c(NS(=O)(=O)c2cc(C(=O)Nc3ccc(S(=O)(=O)Nc4cccc5ccccc45)cc3)ccc2Cl)c1. The second-order valence-electron chi connectivity index (χ2n) is 9.68. The summed E-state index contributed by atoms with van der Waals surface area (Å²) < 4.78 is 57.6. The summed E-state index contributed by atoms with van der Waals surface area (Å²) in [6.07, 6.45) is 0. The molecule has 0 atom stereocenters. The van der Waals surface area contributed by atoms with Gasteiger partial charge in [-0.25, -0.2) is 16.8 Å². The molecule has 0 saturated carbocycles. The number of carbonyl (C=O) groups is 1. The minimum atomic E-state index is -4.11. The molecule has 0 bridgehead atoms. The first-order chi connectivity index (χ1) is 19.9. The molecule has 11 heteroatoms. The second-order valence-corrected chi connectivity index (χ2v) is 13.4. The Morgan fingerprint density at radius 1 is 0.690 bits per heavy atom. The van der Waals surface area contributed by atoms with Gasteiger partial charge in [-0.05, 0) is 85.0 Å². The molecule has 0 radical (unpaired) electrons. The molecule has 5 aromatic carbocycles. The van der Waals surface area contributed by atoms with Gasteiger partial charge in [0.2, 0.25) is 0 Å². The molecule has 0 aromatic heterocycles. The number of nitrogens with one attached hydrogen (secondary N) is 3. The van der Waals surface area contributed by atoms with Gasteiger partial charge in [0.15, 0.2) is 0 Å². The Balaban J connectivity index is 1.33. The summed E-state index contributed by atoms with van der Waals surface area (Å²) >= 11 is 6.22. The molecule has 3 N–H and O–H groups in total. The lowest BCUT2D eigenvalue weighted by Gasteiger charge is -2.14. The van der Waals surface area contributed by atoms with Crippen LogP contribution in [0.15, 0.2) is 113 Å². The molecular weight excluding hydrogens is 594 g/mol. The molecule has 0 saturated heterocycles. The van der Waals surface area contributed by atoms with E-state index in [-0.39, 0.29) is 20.4 Å². The van der Waals surface area contributed by atoms with Crippen LogP contribution in [0, 0.1) is 13.8 Å². The molecule has 0 heterocycles. The number of amides is 1. The van der Waals surface area contributed by atoms with Crippen molar-refractivity contribution in [3.63, 3.8) is 0 Å². The van der Waals surface area contributed by atoms with Gasteiger partial charge >= 0.3 is 0 Å². The zero-order chi connectivity index (χ0) is 30.1. The first kappa shape index (κ1) is 29.1. The monoisotopic (exact) mass is 619 g/mol. The van der Waals surface area contributed by atoms with Crippen LogP contribution in [0.2, 0.25) is 5.02 Å². The van der Waals surface area contributed by atoms with Crippen LogP contribution in [0.4, 0.5) is 17.1 Å². The summed E-state index contributed by atoms with van der Waals surface area (Å²) in [6.45, 7) is 3.62. The highest BCUT2D eigenvalue weighted by Crippen LogP contribution is 2.28. The molecule has 0 spiro atoms. The van der Waals surface area contributed by atoms with Gasteiger partial charge < -0.3 is 5.32 Å². The average Bonchev–Trinajstić information content (AvgIpc) is 2.95. The van der Waals surface area contributed by atoms with Crippen LogP contribution in [0.1, 0.15) is 21.5 Å². The van der Waals surface area contributed by atoms with E-state index in [2.05, 4.69) is 14.8 Å². The molecule has 214 valence electrons. The first-order valence-electron chi connectivity index (χ1n) is 12.7. The van der Waals surface area contributed by atoms with Gasteiger partial charge in [-0.2, -0.15) is 0 Å². The Bertz CT molecular complexity index is 2040. The maximum atomic E-state index is 13.2. The number of anilines is 3. The Labute approximate surface area is 249 Å². The van der Waals surface area contributed by atoms with Gasteiger partial charge in [-0.1, -0.05) is 60.1 Å². The summed E-state index contributed by atoms with van der Waals surface area (Å²) in [5.41, 5.74) is 2.83. The van der Waals surface area contributed by atoms with Crippen LogP contribution in [0.25, 0.3) is 10.8 Å². The van der Waals surface area contributed by atoms with Crippen molar-refractivity contribution < 1.29 is 21.6 Å². The van der Waals surface area contributed by atoms with E-state index in [0.717, 1.165) is 21.9 Å². The maximum absolute atomic E-state index is 13.2. The topological polar surface area (TPSA) is 121 Å². The van der Waals surface area contributed by atoms with Crippen LogP contribution >= 0.6 is 11.6 Å². The molecule has 42 heavy (non-hydrogen) atoms. The van der Waals surface area contributed by atoms with Crippen molar-refractivity contribution in [2.75, 3.05) is 14.8 Å². The number of sulfonamides is 2. The standard InChI is InChI=1S/C31H26ClN3O5S2/c1-20-10-11-21(2)29(18-20)35-42(39,40)30-19-23(12-17-27(30)32)31(36)33-24-13-15-25(16-14-24)41(37,38)34-28-9-5-7-22-6-3-4-8-26(22)28/h3-19,34-35H,1-2H3,(H,33,36). The van der Waals surface area contributed by atoms with Crippen molar-refractivity contribution in [1.82, 2.24) is 0 Å². The number of aryl methyl sites for hydroxylation is 2. The third-order valence-corrected chi connectivity index (χ3v) is 9.81. The molecular formula is C31H26ClN3O5S2. The predicted molar refractivity (Wildman–Crippen MR) is 167 cm³/mol. The molecule has 5 rings (SSSR count). The van der Waals surface area contributed by atoms with Crippen LogP contribution in [-0.4, -0.2) is 22.7 Å².